The van der Waals surface area contributed by atoms with E-state index in [2.05, 4.69) is 18.6 Å². The standard InChI is InChI=1S/C14H20N2O4S/c1-4-21(19,20)15-13-9-14(2,3)8-10-5-6-11(16(17)18)7-12(10)13/h5-7,13,15H,4,8-9H2,1-3H3. The average Bonchev–Trinajstić information content (AvgIpc) is 2.36. The molecule has 0 amide bonds. The van der Waals surface area contributed by atoms with Crippen LogP contribution in [0.3, 0.4) is 0 Å². The molecule has 1 unspecified atom stereocenters. The molecule has 1 aromatic rings. The van der Waals surface area contributed by atoms with Gasteiger partial charge in [0.05, 0.1) is 10.7 Å². The zero-order valence-corrected chi connectivity index (χ0v) is 13.2. The van der Waals surface area contributed by atoms with E-state index in [4.69, 9.17) is 0 Å². The van der Waals surface area contributed by atoms with Crippen molar-refractivity contribution in [2.24, 2.45) is 5.41 Å². The van der Waals surface area contributed by atoms with Gasteiger partial charge in [-0.05, 0) is 36.3 Å². The second kappa shape index (κ2) is 5.38. The molecule has 1 aromatic carbocycles. The lowest BCUT2D eigenvalue weighted by atomic mass is 9.72. The molecule has 116 valence electrons. The molecule has 1 N–H and O–H groups in total. The molecule has 2 rings (SSSR count). The van der Waals surface area contributed by atoms with Gasteiger partial charge in [-0.15, -0.1) is 0 Å². The number of nitrogens with zero attached hydrogens (tertiary/aromatic N) is 1. The second-order valence-electron chi connectivity index (χ2n) is 6.26. The molecule has 21 heavy (non-hydrogen) atoms. The van der Waals surface area contributed by atoms with E-state index in [0.717, 1.165) is 17.5 Å². The first-order chi connectivity index (χ1) is 9.63. The molecule has 0 saturated carbocycles. The van der Waals surface area contributed by atoms with Crippen LogP contribution in [0, 0.1) is 15.5 Å². The van der Waals surface area contributed by atoms with Crippen LogP contribution < -0.4 is 4.72 Å². The molecule has 0 fully saturated rings. The first kappa shape index (κ1) is 15.9. The number of fused-ring (bicyclic) bond motifs is 1. The van der Waals surface area contributed by atoms with E-state index in [1.54, 1.807) is 13.0 Å². The van der Waals surface area contributed by atoms with Crippen molar-refractivity contribution in [3.63, 3.8) is 0 Å². The zero-order chi connectivity index (χ0) is 15.8. The van der Waals surface area contributed by atoms with Crippen LogP contribution in [-0.4, -0.2) is 19.1 Å². The lowest BCUT2D eigenvalue weighted by Crippen LogP contribution is -2.37. The van der Waals surface area contributed by atoms with Gasteiger partial charge in [0, 0.05) is 18.2 Å². The average molecular weight is 312 g/mol. The first-order valence-electron chi connectivity index (χ1n) is 6.91. The Balaban J connectivity index is 2.47. The van der Waals surface area contributed by atoms with Crippen molar-refractivity contribution >= 4 is 15.7 Å². The molecule has 0 aromatic heterocycles. The zero-order valence-electron chi connectivity index (χ0n) is 12.4. The van der Waals surface area contributed by atoms with E-state index < -0.39 is 21.0 Å². The predicted molar refractivity (Wildman–Crippen MR) is 80.5 cm³/mol. The van der Waals surface area contributed by atoms with Gasteiger partial charge in [0.1, 0.15) is 0 Å². The van der Waals surface area contributed by atoms with E-state index in [-0.39, 0.29) is 16.9 Å². The molecule has 0 aliphatic heterocycles. The lowest BCUT2D eigenvalue weighted by molar-refractivity contribution is -0.385. The number of nitro benzene ring substituents is 1. The van der Waals surface area contributed by atoms with Gasteiger partial charge in [0.15, 0.2) is 0 Å². The second-order valence-corrected chi connectivity index (χ2v) is 8.30. The smallest absolute Gasteiger partial charge is 0.258 e. The van der Waals surface area contributed by atoms with Crippen LogP contribution >= 0.6 is 0 Å². The van der Waals surface area contributed by atoms with Crippen molar-refractivity contribution in [3.8, 4) is 0 Å². The third-order valence-corrected chi connectivity index (χ3v) is 5.25. The third-order valence-electron chi connectivity index (χ3n) is 3.84. The van der Waals surface area contributed by atoms with Gasteiger partial charge in [-0.25, -0.2) is 13.1 Å². The number of sulfonamides is 1. The SMILES string of the molecule is CCS(=O)(=O)NC1CC(C)(C)Cc2ccc([N+](=O)[O-])cc21. The molecule has 1 atom stereocenters. The highest BCUT2D eigenvalue weighted by Crippen LogP contribution is 2.42. The monoisotopic (exact) mass is 312 g/mol. The lowest BCUT2D eigenvalue weighted by Gasteiger charge is -2.37. The predicted octanol–water partition coefficient (Wildman–Crippen LogP) is 2.55. The Labute approximate surface area is 124 Å². The van der Waals surface area contributed by atoms with Crippen LogP contribution in [0.25, 0.3) is 0 Å². The van der Waals surface area contributed by atoms with Gasteiger partial charge in [-0.3, -0.25) is 10.1 Å². The van der Waals surface area contributed by atoms with Gasteiger partial charge in [0.2, 0.25) is 10.0 Å². The highest BCUT2D eigenvalue weighted by atomic mass is 32.2. The summed E-state index contributed by atoms with van der Waals surface area (Å²) in [5.74, 6) is -0.00577. The molecular formula is C14H20N2O4S. The summed E-state index contributed by atoms with van der Waals surface area (Å²) >= 11 is 0. The number of hydrogen-bond donors (Lipinski definition) is 1. The normalized spacial score (nSPS) is 20.8. The van der Waals surface area contributed by atoms with Gasteiger partial charge in [-0.2, -0.15) is 0 Å². The molecule has 0 heterocycles. The van der Waals surface area contributed by atoms with Gasteiger partial charge in [-0.1, -0.05) is 19.9 Å². The molecule has 7 heteroatoms. The highest BCUT2D eigenvalue weighted by molar-refractivity contribution is 7.89. The number of benzene rings is 1. The largest absolute Gasteiger partial charge is 0.269 e. The molecule has 6 nitrogen and oxygen atoms in total. The van der Waals surface area contributed by atoms with Gasteiger partial charge >= 0.3 is 0 Å². The fraction of sp³-hybridized carbons (Fsp3) is 0.571. The minimum absolute atomic E-state index is 0.00541. The van der Waals surface area contributed by atoms with Crippen molar-refractivity contribution in [2.75, 3.05) is 5.75 Å². The summed E-state index contributed by atoms with van der Waals surface area (Å²) in [4.78, 5) is 10.5. The fourth-order valence-corrected chi connectivity index (χ4v) is 3.65. The van der Waals surface area contributed by atoms with Gasteiger partial charge in [0.25, 0.3) is 5.69 Å². The van der Waals surface area contributed by atoms with Crippen LogP contribution in [0.15, 0.2) is 18.2 Å². The van der Waals surface area contributed by atoms with Crippen molar-refractivity contribution < 1.29 is 13.3 Å². The minimum atomic E-state index is -3.36. The first-order valence-corrected chi connectivity index (χ1v) is 8.56. The van der Waals surface area contributed by atoms with Crippen LogP contribution in [0.4, 0.5) is 5.69 Å². The summed E-state index contributed by atoms with van der Waals surface area (Å²) in [6, 6.07) is 4.30. The minimum Gasteiger partial charge on any atom is -0.258 e. The summed E-state index contributed by atoms with van der Waals surface area (Å²) in [7, 11) is -3.36. The van der Waals surface area contributed by atoms with Crippen LogP contribution in [0.1, 0.15) is 44.4 Å². The Morgan fingerprint density at radius 3 is 2.67 bits per heavy atom. The quantitative estimate of drug-likeness (QED) is 0.683. The van der Waals surface area contributed by atoms with Crippen LogP contribution in [-0.2, 0) is 16.4 Å². The molecule has 0 bridgehead atoms. The Bertz CT molecular complexity index is 668. The number of rotatable bonds is 4. The summed E-state index contributed by atoms with van der Waals surface area (Å²) in [6.07, 6.45) is 1.41. The Morgan fingerprint density at radius 2 is 2.10 bits per heavy atom. The van der Waals surface area contributed by atoms with E-state index >= 15 is 0 Å². The van der Waals surface area contributed by atoms with Crippen molar-refractivity contribution in [2.45, 2.75) is 39.7 Å². The molecule has 0 saturated heterocycles. The Hall–Kier alpha value is -1.47. The topological polar surface area (TPSA) is 89.3 Å². The third kappa shape index (κ3) is 3.59. The van der Waals surface area contributed by atoms with Crippen molar-refractivity contribution in [3.05, 3.63) is 39.4 Å². The van der Waals surface area contributed by atoms with E-state index in [0.29, 0.717) is 6.42 Å². The summed E-state index contributed by atoms with van der Waals surface area (Å²) < 4.78 is 26.4. The summed E-state index contributed by atoms with van der Waals surface area (Å²) in [5.41, 5.74) is 1.64. The van der Waals surface area contributed by atoms with Crippen LogP contribution in [0.2, 0.25) is 0 Å². The summed E-state index contributed by atoms with van der Waals surface area (Å²) in [5, 5.41) is 10.9. The molecular weight excluding hydrogens is 292 g/mol. The van der Waals surface area contributed by atoms with Crippen molar-refractivity contribution in [1.82, 2.24) is 4.72 Å². The maximum Gasteiger partial charge on any atom is 0.269 e. The summed E-state index contributed by atoms with van der Waals surface area (Å²) in [6.45, 7) is 5.72. The molecule has 0 radical (unpaired) electrons. The Kier molecular flexibility index (Phi) is 4.08. The highest BCUT2D eigenvalue weighted by Gasteiger charge is 2.34. The van der Waals surface area contributed by atoms with Gasteiger partial charge < -0.3 is 0 Å². The maximum absolute atomic E-state index is 11.9. The van der Waals surface area contributed by atoms with E-state index in [1.165, 1.54) is 12.1 Å². The molecule has 1 aliphatic carbocycles. The maximum atomic E-state index is 11.9. The number of nitrogens with one attached hydrogen (secondary N) is 1. The van der Waals surface area contributed by atoms with E-state index in [9.17, 15) is 18.5 Å². The molecule has 1 aliphatic rings. The number of nitro groups is 1. The van der Waals surface area contributed by atoms with E-state index in [1.807, 2.05) is 0 Å². The molecule has 0 spiro atoms. The fourth-order valence-electron chi connectivity index (χ4n) is 2.84. The van der Waals surface area contributed by atoms with Crippen LogP contribution in [0.5, 0.6) is 0 Å². The number of hydrogen-bond acceptors (Lipinski definition) is 4. The van der Waals surface area contributed by atoms with Crippen molar-refractivity contribution in [1.29, 1.82) is 0 Å². The Morgan fingerprint density at radius 1 is 1.43 bits per heavy atom. The number of non-ortho nitro benzene ring substituents is 1.